The molecule has 0 spiro atoms. The Hall–Kier alpha value is -3.59. The first kappa shape index (κ1) is 20.7. The lowest BCUT2D eigenvalue weighted by atomic mass is 9.99. The summed E-state index contributed by atoms with van der Waals surface area (Å²) >= 11 is 0. The van der Waals surface area contributed by atoms with E-state index < -0.39 is 5.97 Å². The SMILES string of the molecule is CO/N=C(/C(=O)OC)c1cccc(C)c1CO/N=C(\C)C#Cc1ccccc1. The summed E-state index contributed by atoms with van der Waals surface area (Å²) < 4.78 is 4.79. The van der Waals surface area contributed by atoms with Crippen molar-refractivity contribution < 1.29 is 19.2 Å². The number of carbonyl (C=O) groups is 1. The molecule has 28 heavy (non-hydrogen) atoms. The molecule has 0 aromatic heterocycles. The summed E-state index contributed by atoms with van der Waals surface area (Å²) in [6, 6.07) is 15.1. The average Bonchev–Trinajstić information content (AvgIpc) is 2.72. The van der Waals surface area contributed by atoms with Gasteiger partial charge in [0.15, 0.2) is 5.71 Å². The molecule has 144 valence electrons. The maximum Gasteiger partial charge on any atom is 0.360 e. The van der Waals surface area contributed by atoms with Gasteiger partial charge in [-0.1, -0.05) is 52.6 Å². The Bertz CT molecular complexity index is 938. The van der Waals surface area contributed by atoms with Crippen LogP contribution >= 0.6 is 0 Å². The minimum Gasteiger partial charge on any atom is -0.464 e. The first-order valence-corrected chi connectivity index (χ1v) is 8.58. The molecule has 0 fully saturated rings. The molecule has 0 heterocycles. The van der Waals surface area contributed by atoms with Crippen LogP contribution in [0.3, 0.4) is 0 Å². The Morgan fingerprint density at radius 3 is 2.46 bits per heavy atom. The van der Waals surface area contributed by atoms with E-state index in [1.165, 1.54) is 14.2 Å². The fourth-order valence-corrected chi connectivity index (χ4v) is 2.40. The molecule has 0 unspecified atom stereocenters. The lowest BCUT2D eigenvalue weighted by Crippen LogP contribution is -2.20. The van der Waals surface area contributed by atoms with Crippen molar-refractivity contribution in [1.82, 2.24) is 0 Å². The number of esters is 1. The van der Waals surface area contributed by atoms with Crippen LogP contribution in [0.4, 0.5) is 0 Å². The summed E-state index contributed by atoms with van der Waals surface area (Å²) in [6.45, 7) is 3.82. The van der Waals surface area contributed by atoms with Gasteiger partial charge in [-0.05, 0) is 37.5 Å². The lowest BCUT2D eigenvalue weighted by molar-refractivity contribution is -0.132. The molecule has 0 saturated carbocycles. The van der Waals surface area contributed by atoms with Crippen molar-refractivity contribution in [2.75, 3.05) is 14.2 Å². The molecule has 0 atom stereocenters. The highest BCUT2D eigenvalue weighted by atomic mass is 16.6. The number of methoxy groups -OCH3 is 1. The van der Waals surface area contributed by atoms with E-state index in [1.54, 1.807) is 13.0 Å². The summed E-state index contributed by atoms with van der Waals surface area (Å²) in [7, 11) is 2.66. The molecule has 0 aliphatic carbocycles. The zero-order chi connectivity index (χ0) is 20.4. The van der Waals surface area contributed by atoms with Crippen LogP contribution in [0.1, 0.15) is 29.2 Å². The monoisotopic (exact) mass is 378 g/mol. The smallest absolute Gasteiger partial charge is 0.360 e. The maximum absolute atomic E-state index is 12.0. The second-order valence-electron chi connectivity index (χ2n) is 5.78. The van der Waals surface area contributed by atoms with Crippen molar-refractivity contribution in [2.24, 2.45) is 10.3 Å². The summed E-state index contributed by atoms with van der Waals surface area (Å²) in [5, 5.41) is 7.84. The van der Waals surface area contributed by atoms with Gasteiger partial charge in [-0.15, -0.1) is 0 Å². The van der Waals surface area contributed by atoms with Crippen molar-refractivity contribution in [3.8, 4) is 11.8 Å². The molecule has 0 saturated heterocycles. The predicted molar refractivity (Wildman–Crippen MR) is 108 cm³/mol. The van der Waals surface area contributed by atoms with E-state index in [-0.39, 0.29) is 12.3 Å². The summed E-state index contributed by atoms with van der Waals surface area (Å²) in [4.78, 5) is 22.3. The van der Waals surface area contributed by atoms with Gasteiger partial charge < -0.3 is 14.4 Å². The van der Waals surface area contributed by atoms with E-state index in [0.717, 1.165) is 16.7 Å². The molecular weight excluding hydrogens is 356 g/mol. The molecule has 0 radical (unpaired) electrons. The molecule has 0 N–H and O–H groups in total. The van der Waals surface area contributed by atoms with Crippen molar-refractivity contribution in [3.63, 3.8) is 0 Å². The van der Waals surface area contributed by atoms with Crippen LogP contribution in [0.25, 0.3) is 0 Å². The van der Waals surface area contributed by atoms with Gasteiger partial charge in [0.05, 0.1) is 7.11 Å². The number of hydrogen-bond donors (Lipinski definition) is 0. The minimum atomic E-state index is -0.595. The minimum absolute atomic E-state index is 0.0665. The normalized spacial score (nSPS) is 11.3. The van der Waals surface area contributed by atoms with Gasteiger partial charge in [0.2, 0.25) is 0 Å². The Balaban J connectivity index is 2.19. The highest BCUT2D eigenvalue weighted by Gasteiger charge is 2.20. The Labute approximate surface area is 164 Å². The van der Waals surface area contributed by atoms with E-state index in [2.05, 4.69) is 22.2 Å². The van der Waals surface area contributed by atoms with Crippen LogP contribution in [0, 0.1) is 18.8 Å². The lowest BCUT2D eigenvalue weighted by Gasteiger charge is -2.12. The Morgan fingerprint density at radius 2 is 1.79 bits per heavy atom. The highest BCUT2D eigenvalue weighted by Crippen LogP contribution is 2.18. The van der Waals surface area contributed by atoms with Crippen molar-refractivity contribution in [2.45, 2.75) is 20.5 Å². The first-order valence-electron chi connectivity index (χ1n) is 8.58. The van der Waals surface area contributed by atoms with E-state index in [4.69, 9.17) is 14.4 Å². The Morgan fingerprint density at radius 1 is 1.04 bits per heavy atom. The number of carbonyl (C=O) groups excluding carboxylic acids is 1. The van der Waals surface area contributed by atoms with Crippen molar-refractivity contribution in [1.29, 1.82) is 0 Å². The summed E-state index contributed by atoms with van der Waals surface area (Å²) in [5.41, 5.74) is 3.76. The molecule has 2 aromatic carbocycles. The number of oxime groups is 2. The third-order valence-corrected chi connectivity index (χ3v) is 3.80. The second kappa shape index (κ2) is 10.5. The van der Waals surface area contributed by atoms with Gasteiger partial charge in [-0.25, -0.2) is 4.79 Å². The van der Waals surface area contributed by atoms with Gasteiger partial charge in [0.25, 0.3) is 0 Å². The molecule has 0 bridgehead atoms. The Kier molecular flexibility index (Phi) is 7.79. The molecule has 0 aliphatic rings. The fourth-order valence-electron chi connectivity index (χ4n) is 2.40. The van der Waals surface area contributed by atoms with Crippen LogP contribution < -0.4 is 0 Å². The second-order valence-corrected chi connectivity index (χ2v) is 5.78. The van der Waals surface area contributed by atoms with Crippen LogP contribution in [0.5, 0.6) is 0 Å². The van der Waals surface area contributed by atoms with Gasteiger partial charge in [-0.3, -0.25) is 0 Å². The van der Waals surface area contributed by atoms with Crippen molar-refractivity contribution in [3.05, 3.63) is 70.8 Å². The quantitative estimate of drug-likeness (QED) is 0.334. The number of ether oxygens (including phenoxy) is 1. The highest BCUT2D eigenvalue weighted by molar-refractivity contribution is 6.43. The summed E-state index contributed by atoms with van der Waals surface area (Å²) in [6.07, 6.45) is 0. The molecule has 0 amide bonds. The number of hydrogen-bond acceptors (Lipinski definition) is 6. The van der Waals surface area contributed by atoms with Crippen molar-refractivity contribution >= 4 is 17.4 Å². The molecule has 0 aliphatic heterocycles. The van der Waals surface area contributed by atoms with Crippen LogP contribution in [-0.2, 0) is 25.8 Å². The van der Waals surface area contributed by atoms with Gasteiger partial charge in [0, 0.05) is 16.7 Å². The van der Waals surface area contributed by atoms with Crippen LogP contribution in [-0.4, -0.2) is 31.6 Å². The molecule has 6 heteroatoms. The van der Waals surface area contributed by atoms with Gasteiger partial charge in [0.1, 0.15) is 19.4 Å². The summed E-state index contributed by atoms with van der Waals surface area (Å²) in [5.74, 6) is 5.36. The number of benzene rings is 2. The molecular formula is C22H22N2O4. The van der Waals surface area contributed by atoms with Gasteiger partial charge in [-0.2, -0.15) is 0 Å². The van der Waals surface area contributed by atoms with Gasteiger partial charge >= 0.3 is 5.97 Å². The van der Waals surface area contributed by atoms with E-state index in [9.17, 15) is 4.79 Å². The van der Waals surface area contributed by atoms with Crippen LogP contribution in [0.2, 0.25) is 0 Å². The number of rotatable bonds is 6. The number of aryl methyl sites for hydroxylation is 1. The predicted octanol–water partition coefficient (Wildman–Crippen LogP) is 3.46. The first-order chi connectivity index (χ1) is 13.6. The van der Waals surface area contributed by atoms with E-state index in [0.29, 0.717) is 11.3 Å². The zero-order valence-electron chi connectivity index (χ0n) is 16.4. The maximum atomic E-state index is 12.0. The number of nitrogens with zero attached hydrogens (tertiary/aromatic N) is 2. The van der Waals surface area contributed by atoms with E-state index >= 15 is 0 Å². The average molecular weight is 378 g/mol. The molecule has 2 rings (SSSR count). The fraction of sp³-hybridized carbons (Fsp3) is 0.227. The molecule has 6 nitrogen and oxygen atoms in total. The topological polar surface area (TPSA) is 69.5 Å². The molecule has 2 aromatic rings. The third-order valence-electron chi connectivity index (χ3n) is 3.80. The van der Waals surface area contributed by atoms with Crippen LogP contribution in [0.15, 0.2) is 58.8 Å². The zero-order valence-corrected chi connectivity index (χ0v) is 16.4. The van der Waals surface area contributed by atoms with E-state index in [1.807, 2.05) is 49.4 Å². The largest absolute Gasteiger partial charge is 0.464 e. The third kappa shape index (κ3) is 5.71. The standard InChI is InChI=1S/C22H22N2O4/c1-16-9-8-12-19(21(24-27-4)22(25)26-3)20(16)15-28-23-17(2)13-14-18-10-6-5-7-11-18/h5-12H,15H2,1-4H3/b23-17+,24-21+.